The van der Waals surface area contributed by atoms with E-state index in [1.165, 1.54) is 11.9 Å². The van der Waals surface area contributed by atoms with Crippen LogP contribution in [0.2, 0.25) is 0 Å². The number of urea groups is 1. The van der Waals surface area contributed by atoms with Crippen molar-refractivity contribution in [2.75, 3.05) is 33.3 Å². The fourth-order valence-electron chi connectivity index (χ4n) is 2.24. The predicted octanol–water partition coefficient (Wildman–Crippen LogP) is -0.841. The van der Waals surface area contributed by atoms with Crippen LogP contribution in [0, 0.1) is 5.41 Å². The highest BCUT2D eigenvalue weighted by molar-refractivity contribution is 6.04. The molecule has 0 bridgehead atoms. The van der Waals surface area contributed by atoms with Gasteiger partial charge in [0, 0.05) is 20.2 Å². The molecule has 106 valence electrons. The predicted molar refractivity (Wildman–Crippen MR) is 66.1 cm³/mol. The van der Waals surface area contributed by atoms with Gasteiger partial charge in [0.05, 0.1) is 0 Å². The summed E-state index contributed by atoms with van der Waals surface area (Å²) in [6.45, 7) is 0.417. The number of rotatable bonds is 6. The van der Waals surface area contributed by atoms with Crippen LogP contribution in [0.4, 0.5) is 4.79 Å². The van der Waals surface area contributed by atoms with E-state index in [1.54, 1.807) is 0 Å². The Kier molecular flexibility index (Phi) is 3.75. The number of amides is 4. The number of likely N-dealkylation sites (N-methyl/N-ethyl adjacent to an activating group) is 1. The van der Waals surface area contributed by atoms with Crippen LogP contribution in [0.1, 0.15) is 19.3 Å². The first kappa shape index (κ1) is 13.8. The summed E-state index contributed by atoms with van der Waals surface area (Å²) < 4.78 is 0. The number of hydrogen-bond acceptors (Lipinski definition) is 4. The second-order valence-electron chi connectivity index (χ2n) is 5.37. The molecule has 1 saturated carbocycles. The minimum atomic E-state index is -0.434. The highest BCUT2D eigenvalue weighted by Gasteiger charge is 2.42. The van der Waals surface area contributed by atoms with Gasteiger partial charge in [-0.3, -0.25) is 14.5 Å². The van der Waals surface area contributed by atoms with Crippen LogP contribution in [0.25, 0.3) is 0 Å². The van der Waals surface area contributed by atoms with Gasteiger partial charge in [-0.15, -0.1) is 0 Å². The van der Waals surface area contributed by atoms with E-state index < -0.39 is 6.03 Å². The van der Waals surface area contributed by atoms with Crippen molar-refractivity contribution in [1.82, 2.24) is 15.1 Å². The lowest BCUT2D eigenvalue weighted by Crippen LogP contribution is -2.42. The van der Waals surface area contributed by atoms with Gasteiger partial charge in [0.15, 0.2) is 0 Å². The van der Waals surface area contributed by atoms with Crippen molar-refractivity contribution in [3.05, 3.63) is 0 Å². The molecule has 4 amide bonds. The first-order valence-electron chi connectivity index (χ1n) is 6.40. The van der Waals surface area contributed by atoms with E-state index in [0.29, 0.717) is 13.0 Å². The topological polar surface area (TPSA) is 90.0 Å². The van der Waals surface area contributed by atoms with Gasteiger partial charge < -0.3 is 15.3 Å². The number of hydrogen-bond donors (Lipinski definition) is 2. The lowest BCUT2D eigenvalue weighted by molar-refractivity contribution is -0.130. The Labute approximate surface area is 111 Å². The van der Waals surface area contributed by atoms with E-state index in [4.69, 9.17) is 5.11 Å². The molecule has 0 aromatic heterocycles. The highest BCUT2D eigenvalue weighted by atomic mass is 16.3. The van der Waals surface area contributed by atoms with Gasteiger partial charge in [-0.05, 0) is 24.7 Å². The van der Waals surface area contributed by atoms with Crippen molar-refractivity contribution in [2.24, 2.45) is 5.41 Å². The second-order valence-corrected chi connectivity index (χ2v) is 5.37. The van der Waals surface area contributed by atoms with Crippen molar-refractivity contribution in [3.8, 4) is 0 Å². The third-order valence-corrected chi connectivity index (χ3v) is 3.79. The maximum Gasteiger partial charge on any atom is 0.327 e. The number of carbonyl (C=O) groups excluding carboxylic acids is 3. The standard InChI is InChI=1S/C12H19N3O4/c1-14-7-10(18)15(11(14)19)6-9(17)13-8-12(2-3-12)4-5-16/h16H,2-8H2,1H3,(H,13,17). The van der Waals surface area contributed by atoms with Gasteiger partial charge >= 0.3 is 6.03 Å². The van der Waals surface area contributed by atoms with Gasteiger partial charge in [-0.2, -0.15) is 0 Å². The first-order valence-corrected chi connectivity index (χ1v) is 6.40. The van der Waals surface area contributed by atoms with Crippen LogP contribution in [0.5, 0.6) is 0 Å². The average molecular weight is 269 g/mol. The molecule has 2 N–H and O–H groups in total. The summed E-state index contributed by atoms with van der Waals surface area (Å²) in [5.74, 6) is -0.680. The average Bonchev–Trinajstić information content (AvgIpc) is 3.08. The Morgan fingerprint density at radius 1 is 1.42 bits per heavy atom. The van der Waals surface area contributed by atoms with Gasteiger partial charge in [-0.1, -0.05) is 0 Å². The summed E-state index contributed by atoms with van der Waals surface area (Å²) in [4.78, 5) is 37.1. The summed E-state index contributed by atoms with van der Waals surface area (Å²) in [7, 11) is 1.53. The fourth-order valence-corrected chi connectivity index (χ4v) is 2.24. The first-order chi connectivity index (χ1) is 8.97. The Hall–Kier alpha value is -1.63. The van der Waals surface area contributed by atoms with Crippen LogP contribution < -0.4 is 5.32 Å². The molecule has 7 nitrogen and oxygen atoms in total. The van der Waals surface area contributed by atoms with E-state index in [1.807, 2.05) is 0 Å². The lowest BCUT2D eigenvalue weighted by atomic mass is 10.0. The summed E-state index contributed by atoms with van der Waals surface area (Å²) in [5, 5.41) is 11.7. The molecule has 1 heterocycles. The molecule has 0 atom stereocenters. The molecule has 19 heavy (non-hydrogen) atoms. The minimum absolute atomic E-state index is 0.0280. The third kappa shape index (κ3) is 3.04. The highest BCUT2D eigenvalue weighted by Crippen LogP contribution is 2.47. The molecule has 0 aromatic carbocycles. The monoisotopic (exact) mass is 269 g/mol. The molecular weight excluding hydrogens is 250 g/mol. The molecule has 0 spiro atoms. The molecule has 1 aliphatic heterocycles. The van der Waals surface area contributed by atoms with E-state index >= 15 is 0 Å². The number of nitrogens with zero attached hydrogens (tertiary/aromatic N) is 2. The van der Waals surface area contributed by atoms with E-state index in [0.717, 1.165) is 17.7 Å². The number of aliphatic hydroxyl groups excluding tert-OH is 1. The SMILES string of the molecule is CN1CC(=O)N(CC(=O)NCC2(CCO)CC2)C1=O. The number of aliphatic hydroxyl groups is 1. The Morgan fingerprint density at radius 3 is 2.58 bits per heavy atom. The van der Waals surface area contributed by atoms with Crippen molar-refractivity contribution in [2.45, 2.75) is 19.3 Å². The maximum absolute atomic E-state index is 11.7. The fraction of sp³-hybridized carbons (Fsp3) is 0.750. The molecular formula is C12H19N3O4. The number of imide groups is 1. The Bertz CT molecular complexity index is 406. The zero-order valence-corrected chi connectivity index (χ0v) is 11.0. The summed E-state index contributed by atoms with van der Waals surface area (Å²) in [6.07, 6.45) is 2.67. The van der Waals surface area contributed by atoms with Crippen LogP contribution in [-0.4, -0.2) is 66.0 Å². The number of nitrogens with one attached hydrogen (secondary N) is 1. The normalized spacial score (nSPS) is 20.9. The molecule has 0 radical (unpaired) electrons. The summed E-state index contributed by atoms with van der Waals surface area (Å²) in [5.41, 5.74) is 0.0280. The van der Waals surface area contributed by atoms with Crippen molar-refractivity contribution in [3.63, 3.8) is 0 Å². The van der Waals surface area contributed by atoms with Crippen molar-refractivity contribution >= 4 is 17.8 Å². The van der Waals surface area contributed by atoms with Gasteiger partial charge in [-0.25, -0.2) is 4.79 Å². The maximum atomic E-state index is 11.7. The van der Waals surface area contributed by atoms with Crippen LogP contribution in [0.15, 0.2) is 0 Å². The molecule has 0 aromatic rings. The van der Waals surface area contributed by atoms with Crippen LogP contribution in [-0.2, 0) is 9.59 Å². The Morgan fingerprint density at radius 2 is 2.11 bits per heavy atom. The van der Waals surface area contributed by atoms with Crippen LogP contribution in [0.3, 0.4) is 0 Å². The molecule has 0 unspecified atom stereocenters. The van der Waals surface area contributed by atoms with Crippen molar-refractivity contribution < 1.29 is 19.5 Å². The van der Waals surface area contributed by atoms with Gasteiger partial charge in [0.1, 0.15) is 13.1 Å². The third-order valence-electron chi connectivity index (χ3n) is 3.79. The minimum Gasteiger partial charge on any atom is -0.396 e. The summed E-state index contributed by atoms with van der Waals surface area (Å²) in [6, 6.07) is -0.434. The van der Waals surface area contributed by atoms with E-state index in [-0.39, 0.29) is 36.9 Å². The molecule has 1 aliphatic carbocycles. The zero-order valence-electron chi connectivity index (χ0n) is 11.0. The van der Waals surface area contributed by atoms with E-state index in [2.05, 4.69) is 5.32 Å². The molecule has 2 aliphatic rings. The smallest absolute Gasteiger partial charge is 0.327 e. The lowest BCUT2D eigenvalue weighted by Gasteiger charge is -2.17. The summed E-state index contributed by atoms with van der Waals surface area (Å²) >= 11 is 0. The number of carbonyl (C=O) groups is 3. The Balaban J connectivity index is 1.79. The molecule has 1 saturated heterocycles. The molecule has 7 heteroatoms. The van der Waals surface area contributed by atoms with Crippen molar-refractivity contribution in [1.29, 1.82) is 0 Å². The van der Waals surface area contributed by atoms with Gasteiger partial charge in [0.2, 0.25) is 5.91 Å². The van der Waals surface area contributed by atoms with Crippen LogP contribution >= 0.6 is 0 Å². The molecule has 2 rings (SSSR count). The quantitative estimate of drug-likeness (QED) is 0.615. The second kappa shape index (κ2) is 5.16. The van der Waals surface area contributed by atoms with E-state index in [9.17, 15) is 14.4 Å². The molecule has 2 fully saturated rings. The van der Waals surface area contributed by atoms with Gasteiger partial charge in [0.25, 0.3) is 5.91 Å². The zero-order chi connectivity index (χ0) is 14.0. The largest absolute Gasteiger partial charge is 0.396 e.